The average molecular weight is 681 g/mol. The number of fused-ring (bicyclic) bond motifs is 8. The van der Waals surface area contributed by atoms with Crippen LogP contribution in [0, 0.1) is 0 Å². The lowest BCUT2D eigenvalue weighted by molar-refractivity contribution is 0.669. The first-order valence-electron chi connectivity index (χ1n) is 21.6. The van der Waals surface area contributed by atoms with Crippen LogP contribution in [0.2, 0.25) is 0 Å². The molecule has 0 N–H and O–H groups in total. The summed E-state index contributed by atoms with van der Waals surface area (Å²) < 4.78 is 79.0. The van der Waals surface area contributed by atoms with Gasteiger partial charge in [0.1, 0.15) is 11.2 Å². The maximum atomic E-state index is 9.40. The van der Waals surface area contributed by atoms with Crippen molar-refractivity contribution in [3.63, 3.8) is 0 Å². The molecule has 0 bridgehead atoms. The Balaban J connectivity index is 1.15. The van der Waals surface area contributed by atoms with Crippen molar-refractivity contribution in [3.05, 3.63) is 194 Å². The van der Waals surface area contributed by atoms with E-state index in [9.17, 15) is 5.48 Å². The Hall–Kier alpha value is -6.96. The quantitative estimate of drug-likeness (QED) is 0.133. The zero-order valence-corrected chi connectivity index (χ0v) is 28.3. The molecule has 1 heteroatoms. The van der Waals surface area contributed by atoms with Gasteiger partial charge in [-0.2, -0.15) is 0 Å². The molecule has 0 aliphatic carbocycles. The van der Waals surface area contributed by atoms with Crippen molar-refractivity contribution in [1.29, 1.82) is 0 Å². The van der Waals surface area contributed by atoms with E-state index in [0.29, 0.717) is 33.2 Å². The van der Waals surface area contributed by atoms with Gasteiger partial charge in [-0.25, -0.2) is 0 Å². The van der Waals surface area contributed by atoms with E-state index in [-0.39, 0.29) is 51.3 Å². The first-order chi connectivity index (χ1) is 29.6. The predicted molar refractivity (Wildman–Crippen MR) is 225 cm³/mol. The molecule has 246 valence electrons. The normalized spacial score (nSPS) is 13.9. The molecule has 0 atom stereocenters. The van der Waals surface area contributed by atoms with Crippen LogP contribution in [-0.2, 0) is 0 Å². The molecule has 11 rings (SSSR count). The van der Waals surface area contributed by atoms with Gasteiger partial charge in [-0.05, 0) is 112 Å². The molecule has 0 radical (unpaired) electrons. The molecule has 53 heavy (non-hydrogen) atoms. The third kappa shape index (κ3) is 4.71. The molecule has 0 unspecified atom stereocenters. The first kappa shape index (κ1) is 22.8. The predicted octanol–water partition coefficient (Wildman–Crippen LogP) is 14.9. The van der Waals surface area contributed by atoms with Gasteiger partial charge < -0.3 is 4.42 Å². The zero-order chi connectivity index (χ0) is 41.8. The van der Waals surface area contributed by atoms with Crippen LogP contribution in [0.4, 0.5) is 0 Å². The second-order valence-electron chi connectivity index (χ2n) is 13.4. The topological polar surface area (TPSA) is 13.1 Å². The summed E-state index contributed by atoms with van der Waals surface area (Å²) in [6.45, 7) is 0. The minimum Gasteiger partial charge on any atom is -0.456 e. The highest BCUT2D eigenvalue weighted by atomic mass is 16.3. The number of hydrogen-bond acceptors (Lipinski definition) is 1. The molecule has 0 saturated carbocycles. The van der Waals surface area contributed by atoms with Gasteiger partial charge in [0.15, 0.2) is 0 Å². The second kappa shape index (κ2) is 11.8. The molecule has 0 saturated heterocycles. The Bertz CT molecular complexity index is 3590. The Kier molecular flexibility index (Phi) is 5.07. The highest BCUT2D eigenvalue weighted by Crippen LogP contribution is 2.47. The largest absolute Gasteiger partial charge is 0.456 e. The van der Waals surface area contributed by atoms with E-state index in [1.807, 2.05) is 36.4 Å². The molecule has 0 amide bonds. The Morgan fingerprint density at radius 2 is 0.925 bits per heavy atom. The third-order valence-corrected chi connectivity index (χ3v) is 10.5. The molecule has 1 aromatic heterocycles. The van der Waals surface area contributed by atoms with Crippen molar-refractivity contribution in [1.82, 2.24) is 0 Å². The van der Waals surface area contributed by atoms with Crippen LogP contribution in [0.5, 0.6) is 0 Å². The fraction of sp³-hybridized carbons (Fsp3) is 0. The lowest BCUT2D eigenvalue weighted by Gasteiger charge is -2.18. The minimum absolute atomic E-state index is 0.165. The fourth-order valence-electron chi connectivity index (χ4n) is 8.05. The number of rotatable bonds is 4. The highest BCUT2D eigenvalue weighted by molar-refractivity contribution is 6.25. The molecule has 0 aliphatic rings. The van der Waals surface area contributed by atoms with Crippen molar-refractivity contribution in [2.24, 2.45) is 0 Å². The van der Waals surface area contributed by atoms with Crippen molar-refractivity contribution in [2.45, 2.75) is 0 Å². The molecule has 0 fully saturated rings. The first-order valence-corrected chi connectivity index (χ1v) is 17.6. The van der Waals surface area contributed by atoms with Gasteiger partial charge in [0, 0.05) is 10.8 Å². The number of benzene rings is 10. The van der Waals surface area contributed by atoms with Gasteiger partial charge in [-0.1, -0.05) is 170 Å². The Labute approximate surface area is 318 Å². The molecule has 10 aromatic carbocycles. The van der Waals surface area contributed by atoms with Crippen LogP contribution in [0.15, 0.2) is 198 Å². The van der Waals surface area contributed by atoms with Crippen molar-refractivity contribution < 1.29 is 15.4 Å². The lowest BCUT2D eigenvalue weighted by Crippen LogP contribution is -1.91. The maximum Gasteiger partial charge on any atom is 0.136 e. The number of furan rings is 1. The van der Waals surface area contributed by atoms with E-state index in [4.69, 9.17) is 9.90 Å². The summed E-state index contributed by atoms with van der Waals surface area (Å²) >= 11 is 0. The molecule has 1 heterocycles. The fourth-order valence-corrected chi connectivity index (χ4v) is 8.05. The average Bonchev–Trinajstić information content (AvgIpc) is 3.69. The Morgan fingerprint density at radius 1 is 0.340 bits per heavy atom. The molecular formula is C52H32O. The summed E-state index contributed by atoms with van der Waals surface area (Å²) in [5.41, 5.74) is 6.94. The van der Waals surface area contributed by atoms with Crippen molar-refractivity contribution >= 4 is 65.0 Å². The smallest absolute Gasteiger partial charge is 0.136 e. The van der Waals surface area contributed by atoms with Gasteiger partial charge in [0.05, 0.1) is 11.0 Å². The van der Waals surface area contributed by atoms with E-state index in [0.717, 1.165) is 27.6 Å². The minimum atomic E-state index is -0.440. The molecule has 0 aliphatic heterocycles. The van der Waals surface area contributed by atoms with Crippen LogP contribution in [-0.4, -0.2) is 0 Å². The summed E-state index contributed by atoms with van der Waals surface area (Å²) in [5.74, 6) is 0. The lowest BCUT2D eigenvalue weighted by atomic mass is 9.85. The van der Waals surface area contributed by atoms with Crippen molar-refractivity contribution in [2.75, 3.05) is 0 Å². The molecule has 1 nitrogen and oxygen atoms in total. The van der Waals surface area contributed by atoms with E-state index >= 15 is 0 Å². The van der Waals surface area contributed by atoms with Crippen LogP contribution < -0.4 is 0 Å². The molecular weight excluding hydrogens is 641 g/mol. The van der Waals surface area contributed by atoms with Gasteiger partial charge in [0.2, 0.25) is 0 Å². The van der Waals surface area contributed by atoms with E-state index in [1.54, 1.807) is 30.3 Å². The van der Waals surface area contributed by atoms with E-state index < -0.39 is 24.2 Å². The highest BCUT2D eigenvalue weighted by Gasteiger charge is 2.20. The van der Waals surface area contributed by atoms with Crippen LogP contribution in [0.3, 0.4) is 0 Å². The van der Waals surface area contributed by atoms with Gasteiger partial charge >= 0.3 is 0 Å². The van der Waals surface area contributed by atoms with Gasteiger partial charge in [0.25, 0.3) is 0 Å². The molecule has 11 aromatic rings. The van der Waals surface area contributed by atoms with Crippen LogP contribution >= 0.6 is 0 Å². The standard InChI is InChI=1S/C52H32O/c1-2-12-36(13-3-1)50-42-15-6-8-17-44(42)51(45-18-9-7-16-43(45)50)46-19-10-20-49-52(46)47-32-38(28-30-48(47)53-49)34-23-21-33(22-24-34)37-27-29-41-39(31-37)26-25-35-11-4-5-14-40(35)41/h1-32H/i6D,7D,8D,9D,15D,16D,17D,18D. The zero-order valence-electron chi connectivity index (χ0n) is 36.3. The van der Waals surface area contributed by atoms with Crippen molar-refractivity contribution in [3.8, 4) is 44.5 Å². The van der Waals surface area contributed by atoms with Crippen LogP contribution in [0.1, 0.15) is 11.0 Å². The van der Waals surface area contributed by atoms with E-state index in [2.05, 4.69) is 78.9 Å². The number of hydrogen-bond donors (Lipinski definition) is 0. The SMILES string of the molecule is [2H]c1c([2H])c([2H])c2c(-c3cccc4oc5ccc(-c6ccc(-c7ccc8c(ccc9ccccc98)c7)cc6)cc5c34)c3c([2H])c([2H])c([2H])c([2H])c3c(-c3ccccc3)c2c1[2H]. The second-order valence-corrected chi connectivity index (χ2v) is 13.4. The van der Waals surface area contributed by atoms with Crippen LogP contribution in [0.25, 0.3) is 110 Å². The van der Waals surface area contributed by atoms with E-state index in [1.165, 1.54) is 21.5 Å². The summed E-state index contributed by atoms with van der Waals surface area (Å²) in [6.07, 6.45) is 0. The van der Waals surface area contributed by atoms with Gasteiger partial charge in [-0.15, -0.1) is 0 Å². The summed E-state index contributed by atoms with van der Waals surface area (Å²) in [6, 6.07) is 45.3. The van der Waals surface area contributed by atoms with Gasteiger partial charge in [-0.3, -0.25) is 0 Å². The Morgan fingerprint density at radius 3 is 1.66 bits per heavy atom. The monoisotopic (exact) mass is 680 g/mol. The summed E-state index contributed by atoms with van der Waals surface area (Å²) in [5, 5.41) is 6.93. The summed E-state index contributed by atoms with van der Waals surface area (Å²) in [7, 11) is 0. The maximum absolute atomic E-state index is 9.40. The third-order valence-electron chi connectivity index (χ3n) is 10.5. The summed E-state index contributed by atoms with van der Waals surface area (Å²) in [4.78, 5) is 0. The molecule has 0 spiro atoms.